The Morgan fingerprint density at radius 2 is 1.93 bits per heavy atom. The highest BCUT2D eigenvalue weighted by atomic mass is 32.2. The number of aryl methyl sites for hydroxylation is 2. The van der Waals surface area contributed by atoms with Crippen LogP contribution in [0.15, 0.2) is 64.9 Å². The van der Waals surface area contributed by atoms with Crippen molar-refractivity contribution in [1.29, 1.82) is 0 Å². The number of benzene rings is 2. The molecule has 0 saturated heterocycles. The summed E-state index contributed by atoms with van der Waals surface area (Å²) >= 11 is 1.43. The van der Waals surface area contributed by atoms with Crippen LogP contribution in [-0.2, 0) is 16.4 Å². The predicted octanol–water partition coefficient (Wildman–Crippen LogP) is 4.45. The molecule has 1 N–H and O–H groups in total. The molecule has 2 aromatic carbocycles. The van der Waals surface area contributed by atoms with Crippen LogP contribution in [0.25, 0.3) is 0 Å². The van der Waals surface area contributed by atoms with Gasteiger partial charge in [0.1, 0.15) is 0 Å². The summed E-state index contributed by atoms with van der Waals surface area (Å²) in [5, 5.41) is 1.89. The number of rotatable bonds is 4. The van der Waals surface area contributed by atoms with E-state index in [1.165, 1.54) is 11.3 Å². The fourth-order valence-electron chi connectivity index (χ4n) is 3.47. The van der Waals surface area contributed by atoms with E-state index in [4.69, 9.17) is 0 Å². The molecular weight excluding hydrogens is 392 g/mol. The molecule has 5 nitrogen and oxygen atoms in total. The lowest BCUT2D eigenvalue weighted by Gasteiger charge is -2.29. The smallest absolute Gasteiger partial charge is 0.268 e. The number of thiophene rings is 1. The van der Waals surface area contributed by atoms with Gasteiger partial charge in [-0.25, -0.2) is 8.42 Å². The second-order valence-electron chi connectivity index (χ2n) is 6.75. The lowest BCUT2D eigenvalue weighted by Crippen LogP contribution is -2.35. The minimum Gasteiger partial charge on any atom is -0.307 e. The van der Waals surface area contributed by atoms with Crippen molar-refractivity contribution in [3.05, 3.63) is 76.0 Å². The quantitative estimate of drug-likeness (QED) is 0.688. The topological polar surface area (TPSA) is 66.5 Å². The van der Waals surface area contributed by atoms with Gasteiger partial charge in [-0.2, -0.15) is 0 Å². The zero-order chi connectivity index (χ0) is 19.7. The van der Waals surface area contributed by atoms with E-state index in [1.807, 2.05) is 35.7 Å². The number of fused-ring (bicyclic) bond motifs is 1. The Kier molecular flexibility index (Phi) is 4.95. The van der Waals surface area contributed by atoms with Crippen molar-refractivity contribution in [2.24, 2.45) is 0 Å². The number of hydrogen-bond acceptors (Lipinski definition) is 4. The van der Waals surface area contributed by atoms with Gasteiger partial charge >= 0.3 is 0 Å². The predicted molar refractivity (Wildman–Crippen MR) is 113 cm³/mol. The van der Waals surface area contributed by atoms with Crippen LogP contribution in [0, 0.1) is 6.92 Å². The molecular formula is C21H20N2O3S2. The van der Waals surface area contributed by atoms with Gasteiger partial charge in [0.15, 0.2) is 0 Å². The van der Waals surface area contributed by atoms with Crippen molar-refractivity contribution in [2.75, 3.05) is 16.2 Å². The van der Waals surface area contributed by atoms with Gasteiger partial charge in [0.25, 0.3) is 15.9 Å². The molecule has 0 unspecified atom stereocenters. The highest BCUT2D eigenvalue weighted by Gasteiger charge is 2.25. The minimum absolute atomic E-state index is 0.0100. The molecule has 0 spiro atoms. The van der Waals surface area contributed by atoms with E-state index < -0.39 is 10.0 Å². The van der Waals surface area contributed by atoms with Gasteiger partial charge < -0.3 is 4.90 Å². The van der Waals surface area contributed by atoms with Crippen LogP contribution >= 0.6 is 11.3 Å². The average Bonchev–Trinajstić information content (AvgIpc) is 3.21. The van der Waals surface area contributed by atoms with Gasteiger partial charge in [0.2, 0.25) is 0 Å². The van der Waals surface area contributed by atoms with Crippen LogP contribution < -0.4 is 9.62 Å². The van der Waals surface area contributed by atoms with Gasteiger partial charge in [-0.1, -0.05) is 24.3 Å². The van der Waals surface area contributed by atoms with Crippen molar-refractivity contribution in [3.63, 3.8) is 0 Å². The first-order valence-corrected chi connectivity index (χ1v) is 11.4. The van der Waals surface area contributed by atoms with Crippen LogP contribution in [0.5, 0.6) is 0 Å². The maximum Gasteiger partial charge on any atom is 0.268 e. The average molecular weight is 413 g/mol. The highest BCUT2D eigenvalue weighted by molar-refractivity contribution is 7.92. The molecule has 1 aliphatic heterocycles. The van der Waals surface area contributed by atoms with E-state index in [-0.39, 0.29) is 10.8 Å². The van der Waals surface area contributed by atoms with E-state index >= 15 is 0 Å². The minimum atomic E-state index is -3.66. The molecule has 4 rings (SSSR count). The number of carbonyl (C=O) groups is 1. The first-order chi connectivity index (χ1) is 13.5. The van der Waals surface area contributed by atoms with Crippen LogP contribution in [0.4, 0.5) is 11.4 Å². The summed E-state index contributed by atoms with van der Waals surface area (Å²) in [6.45, 7) is 2.44. The molecule has 1 aromatic heterocycles. The Morgan fingerprint density at radius 3 is 2.68 bits per heavy atom. The van der Waals surface area contributed by atoms with Gasteiger partial charge in [-0.3, -0.25) is 9.52 Å². The van der Waals surface area contributed by atoms with E-state index in [0.29, 0.717) is 22.7 Å². The highest BCUT2D eigenvalue weighted by Crippen LogP contribution is 2.32. The van der Waals surface area contributed by atoms with Crippen LogP contribution in [-0.4, -0.2) is 20.9 Å². The van der Waals surface area contributed by atoms with Crippen molar-refractivity contribution >= 4 is 38.6 Å². The Hall–Kier alpha value is -2.64. The normalized spacial score (nSPS) is 13.8. The zero-order valence-electron chi connectivity index (χ0n) is 15.4. The van der Waals surface area contributed by atoms with Crippen molar-refractivity contribution in [3.8, 4) is 0 Å². The van der Waals surface area contributed by atoms with Gasteiger partial charge in [0, 0.05) is 17.9 Å². The Bertz CT molecular complexity index is 1120. The first kappa shape index (κ1) is 18.7. The summed E-state index contributed by atoms with van der Waals surface area (Å²) in [6, 6.07) is 16.0. The number of amides is 1. The second-order valence-corrected chi connectivity index (χ2v) is 9.35. The monoisotopic (exact) mass is 412 g/mol. The zero-order valence-corrected chi connectivity index (χ0v) is 17.0. The summed E-state index contributed by atoms with van der Waals surface area (Å²) in [5.74, 6) is -0.0100. The molecule has 1 aliphatic rings. The largest absolute Gasteiger partial charge is 0.307 e. The number of sulfonamides is 1. The SMILES string of the molecule is Cc1ccccc1S(=O)(=O)Nc1ccc2c(c1)CCCN2C(=O)c1cccs1. The van der Waals surface area contributed by atoms with E-state index in [0.717, 1.165) is 24.1 Å². The van der Waals surface area contributed by atoms with E-state index in [1.54, 1.807) is 36.1 Å². The molecule has 0 atom stereocenters. The molecule has 7 heteroatoms. The van der Waals surface area contributed by atoms with E-state index in [2.05, 4.69) is 4.72 Å². The molecule has 2 heterocycles. The molecule has 0 radical (unpaired) electrons. The lowest BCUT2D eigenvalue weighted by molar-refractivity contribution is 0.0989. The van der Waals surface area contributed by atoms with Gasteiger partial charge in [-0.15, -0.1) is 11.3 Å². The summed E-state index contributed by atoms with van der Waals surface area (Å²) in [7, 11) is -3.66. The maximum absolute atomic E-state index is 12.8. The Morgan fingerprint density at radius 1 is 1.11 bits per heavy atom. The van der Waals surface area contributed by atoms with E-state index in [9.17, 15) is 13.2 Å². The number of hydrogen-bond donors (Lipinski definition) is 1. The number of carbonyl (C=O) groups excluding carboxylic acids is 1. The fraction of sp³-hybridized carbons (Fsp3) is 0.190. The summed E-state index contributed by atoms with van der Waals surface area (Å²) in [4.78, 5) is 15.5. The van der Waals surface area contributed by atoms with Crippen LogP contribution in [0.3, 0.4) is 0 Å². The molecule has 144 valence electrons. The van der Waals surface area contributed by atoms with Crippen LogP contribution in [0.2, 0.25) is 0 Å². The standard InChI is InChI=1S/C21H20N2O3S2/c1-15-6-2-3-9-20(15)28(25,26)22-17-10-11-18-16(14-17)7-4-12-23(18)21(24)19-8-5-13-27-19/h2-3,5-6,8-11,13-14,22H,4,7,12H2,1H3. The Balaban J connectivity index is 1.62. The molecule has 28 heavy (non-hydrogen) atoms. The molecule has 1 amide bonds. The van der Waals surface area contributed by atoms with Gasteiger partial charge in [0.05, 0.1) is 9.77 Å². The number of nitrogens with one attached hydrogen (secondary N) is 1. The third-order valence-corrected chi connectivity index (χ3v) is 7.21. The van der Waals surface area contributed by atoms with Crippen molar-refractivity contribution in [1.82, 2.24) is 0 Å². The summed E-state index contributed by atoms with van der Waals surface area (Å²) in [6.07, 6.45) is 1.65. The maximum atomic E-state index is 12.8. The number of nitrogens with zero attached hydrogens (tertiary/aromatic N) is 1. The van der Waals surface area contributed by atoms with Crippen molar-refractivity contribution in [2.45, 2.75) is 24.7 Å². The van der Waals surface area contributed by atoms with Crippen molar-refractivity contribution < 1.29 is 13.2 Å². The Labute approximate surface area is 168 Å². The third-order valence-electron chi connectivity index (χ3n) is 4.81. The summed E-state index contributed by atoms with van der Waals surface area (Å²) < 4.78 is 28.2. The number of anilines is 2. The summed E-state index contributed by atoms with van der Waals surface area (Å²) in [5.41, 5.74) is 3.03. The fourth-order valence-corrected chi connectivity index (χ4v) is 5.44. The van der Waals surface area contributed by atoms with Crippen LogP contribution in [0.1, 0.15) is 27.2 Å². The third kappa shape index (κ3) is 3.55. The second kappa shape index (κ2) is 7.41. The first-order valence-electron chi connectivity index (χ1n) is 9.02. The molecule has 3 aromatic rings. The molecule has 0 saturated carbocycles. The lowest BCUT2D eigenvalue weighted by atomic mass is 10.0. The molecule has 0 aliphatic carbocycles. The van der Waals surface area contributed by atoms with Gasteiger partial charge in [-0.05, 0) is 66.6 Å². The molecule has 0 bridgehead atoms. The molecule has 0 fully saturated rings.